The van der Waals surface area contributed by atoms with E-state index in [4.69, 9.17) is 10.2 Å². The normalized spacial score (nSPS) is 10.6. The first kappa shape index (κ1) is 12.5. The molecular formula is C12H17NO3. The minimum Gasteiger partial charge on any atom is -0.508 e. The van der Waals surface area contributed by atoms with Gasteiger partial charge in [-0.25, -0.2) is 0 Å². The molecule has 0 spiro atoms. The molecule has 88 valence electrons. The zero-order chi connectivity index (χ0) is 12.0. The van der Waals surface area contributed by atoms with Crippen LogP contribution in [0.25, 0.3) is 0 Å². The number of benzene rings is 1. The molecule has 0 aliphatic carbocycles. The van der Waals surface area contributed by atoms with Gasteiger partial charge in [-0.1, -0.05) is 12.1 Å². The second kappa shape index (κ2) is 6.12. The molecule has 0 aromatic heterocycles. The summed E-state index contributed by atoms with van der Waals surface area (Å²) in [7, 11) is 1.95. The first-order valence-corrected chi connectivity index (χ1v) is 5.26. The highest BCUT2D eigenvalue weighted by molar-refractivity contribution is 5.66. The third-order valence-electron chi connectivity index (χ3n) is 2.32. The van der Waals surface area contributed by atoms with Crippen LogP contribution in [-0.2, 0) is 11.3 Å². The van der Waals surface area contributed by atoms with Crippen molar-refractivity contribution in [2.75, 3.05) is 13.6 Å². The van der Waals surface area contributed by atoms with Crippen LogP contribution < -0.4 is 0 Å². The minimum absolute atomic E-state index is 0.208. The lowest BCUT2D eigenvalue weighted by Crippen LogP contribution is -2.19. The summed E-state index contributed by atoms with van der Waals surface area (Å²) in [5, 5.41) is 17.6. The van der Waals surface area contributed by atoms with Crippen molar-refractivity contribution >= 4 is 5.97 Å². The van der Waals surface area contributed by atoms with Crippen LogP contribution in [0.3, 0.4) is 0 Å². The number of phenols is 1. The van der Waals surface area contributed by atoms with Crippen LogP contribution in [-0.4, -0.2) is 34.7 Å². The van der Waals surface area contributed by atoms with Crippen molar-refractivity contribution in [2.24, 2.45) is 0 Å². The Kier molecular flexibility index (Phi) is 4.79. The molecule has 1 aromatic carbocycles. The lowest BCUT2D eigenvalue weighted by atomic mass is 10.2. The highest BCUT2D eigenvalue weighted by Gasteiger charge is 2.02. The average Bonchev–Trinajstić information content (AvgIpc) is 2.21. The Morgan fingerprint density at radius 1 is 1.31 bits per heavy atom. The molecule has 0 heterocycles. The van der Waals surface area contributed by atoms with Crippen molar-refractivity contribution < 1.29 is 15.0 Å². The molecule has 0 fully saturated rings. The van der Waals surface area contributed by atoms with Gasteiger partial charge >= 0.3 is 5.97 Å². The maximum Gasteiger partial charge on any atom is 0.303 e. The molecule has 0 aliphatic heterocycles. The molecule has 0 atom stereocenters. The second-order valence-electron chi connectivity index (χ2n) is 3.90. The summed E-state index contributed by atoms with van der Waals surface area (Å²) in [4.78, 5) is 12.4. The molecule has 0 aliphatic rings. The van der Waals surface area contributed by atoms with Crippen LogP contribution in [0, 0.1) is 0 Å². The van der Waals surface area contributed by atoms with E-state index in [-0.39, 0.29) is 12.2 Å². The van der Waals surface area contributed by atoms with E-state index in [0.29, 0.717) is 6.42 Å². The van der Waals surface area contributed by atoms with E-state index in [9.17, 15) is 4.79 Å². The maximum atomic E-state index is 10.3. The fourth-order valence-corrected chi connectivity index (χ4v) is 1.49. The summed E-state index contributed by atoms with van der Waals surface area (Å²) in [5.41, 5.74) is 1.11. The molecule has 0 saturated heterocycles. The maximum absolute atomic E-state index is 10.3. The fraction of sp³-hybridized carbons (Fsp3) is 0.417. The number of nitrogens with zero attached hydrogens (tertiary/aromatic N) is 1. The van der Waals surface area contributed by atoms with E-state index in [1.807, 2.05) is 19.2 Å². The van der Waals surface area contributed by atoms with Gasteiger partial charge in [-0.3, -0.25) is 4.79 Å². The summed E-state index contributed by atoms with van der Waals surface area (Å²) < 4.78 is 0. The number of carbonyl (C=O) groups is 1. The van der Waals surface area contributed by atoms with Crippen LogP contribution in [0.15, 0.2) is 24.3 Å². The number of aliphatic carboxylic acids is 1. The molecule has 0 bridgehead atoms. The van der Waals surface area contributed by atoms with Crippen molar-refractivity contribution in [2.45, 2.75) is 19.4 Å². The molecule has 0 amide bonds. The molecule has 16 heavy (non-hydrogen) atoms. The second-order valence-corrected chi connectivity index (χ2v) is 3.90. The average molecular weight is 223 g/mol. The standard InChI is InChI=1S/C12H17NO3/c1-13(8-2-3-12(15)16)9-10-4-6-11(14)7-5-10/h4-7,14H,2-3,8-9H2,1H3,(H,15,16). The van der Waals surface area contributed by atoms with Crippen LogP contribution in [0.4, 0.5) is 0 Å². The number of aromatic hydroxyl groups is 1. The number of carboxylic acid groups (broad SMARTS) is 1. The van der Waals surface area contributed by atoms with E-state index in [2.05, 4.69) is 4.90 Å². The van der Waals surface area contributed by atoms with Crippen LogP contribution >= 0.6 is 0 Å². The van der Waals surface area contributed by atoms with Crippen molar-refractivity contribution in [1.82, 2.24) is 4.90 Å². The van der Waals surface area contributed by atoms with Gasteiger partial charge in [0.2, 0.25) is 0 Å². The van der Waals surface area contributed by atoms with E-state index in [1.165, 1.54) is 0 Å². The van der Waals surface area contributed by atoms with Gasteiger partial charge in [-0.15, -0.1) is 0 Å². The number of carboxylic acids is 1. The Hall–Kier alpha value is -1.55. The summed E-state index contributed by atoms with van der Waals surface area (Å²) in [5.74, 6) is -0.490. The van der Waals surface area contributed by atoms with Gasteiger partial charge < -0.3 is 15.1 Å². The molecular weight excluding hydrogens is 206 g/mol. The van der Waals surface area contributed by atoms with Crippen molar-refractivity contribution in [3.8, 4) is 5.75 Å². The fourth-order valence-electron chi connectivity index (χ4n) is 1.49. The number of hydrogen-bond acceptors (Lipinski definition) is 3. The summed E-state index contributed by atoms with van der Waals surface area (Å²) in [6.45, 7) is 1.52. The zero-order valence-corrected chi connectivity index (χ0v) is 9.39. The highest BCUT2D eigenvalue weighted by atomic mass is 16.4. The predicted molar refractivity (Wildman–Crippen MR) is 61.3 cm³/mol. The SMILES string of the molecule is CN(CCCC(=O)O)Cc1ccc(O)cc1. The molecule has 0 unspecified atom stereocenters. The summed E-state index contributed by atoms with van der Waals surface area (Å²) >= 11 is 0. The molecule has 1 rings (SSSR count). The Balaban J connectivity index is 2.31. The molecule has 1 aromatic rings. The molecule has 4 nitrogen and oxygen atoms in total. The first-order valence-electron chi connectivity index (χ1n) is 5.26. The molecule has 2 N–H and O–H groups in total. The summed E-state index contributed by atoms with van der Waals surface area (Å²) in [6, 6.07) is 7.03. The van der Waals surface area contributed by atoms with Gasteiger partial charge in [0.15, 0.2) is 0 Å². The summed E-state index contributed by atoms with van der Waals surface area (Å²) in [6.07, 6.45) is 0.865. The van der Waals surface area contributed by atoms with Crippen molar-refractivity contribution in [3.05, 3.63) is 29.8 Å². The smallest absolute Gasteiger partial charge is 0.303 e. The lowest BCUT2D eigenvalue weighted by molar-refractivity contribution is -0.137. The van der Waals surface area contributed by atoms with Gasteiger partial charge in [0.1, 0.15) is 5.75 Å². The number of hydrogen-bond donors (Lipinski definition) is 2. The predicted octanol–water partition coefficient (Wildman–Crippen LogP) is 1.69. The third-order valence-corrected chi connectivity index (χ3v) is 2.32. The third kappa shape index (κ3) is 4.79. The van der Waals surface area contributed by atoms with Crippen molar-refractivity contribution in [3.63, 3.8) is 0 Å². The Morgan fingerprint density at radius 3 is 2.50 bits per heavy atom. The van der Waals surface area contributed by atoms with Gasteiger partial charge in [-0.2, -0.15) is 0 Å². The lowest BCUT2D eigenvalue weighted by Gasteiger charge is -2.15. The zero-order valence-electron chi connectivity index (χ0n) is 9.39. The van der Waals surface area contributed by atoms with E-state index in [1.54, 1.807) is 12.1 Å². The molecule has 4 heteroatoms. The Morgan fingerprint density at radius 2 is 1.94 bits per heavy atom. The van der Waals surface area contributed by atoms with Gasteiger partial charge in [0.05, 0.1) is 0 Å². The van der Waals surface area contributed by atoms with Crippen molar-refractivity contribution in [1.29, 1.82) is 0 Å². The monoisotopic (exact) mass is 223 g/mol. The van der Waals surface area contributed by atoms with E-state index >= 15 is 0 Å². The highest BCUT2D eigenvalue weighted by Crippen LogP contribution is 2.11. The van der Waals surface area contributed by atoms with Crippen LogP contribution in [0.5, 0.6) is 5.75 Å². The largest absolute Gasteiger partial charge is 0.508 e. The topological polar surface area (TPSA) is 60.8 Å². The Bertz CT molecular complexity index is 335. The van der Waals surface area contributed by atoms with Crippen LogP contribution in [0.1, 0.15) is 18.4 Å². The Labute approximate surface area is 95.1 Å². The first-order chi connectivity index (χ1) is 7.58. The number of rotatable bonds is 6. The quantitative estimate of drug-likeness (QED) is 0.770. The minimum atomic E-state index is -0.752. The van der Waals surface area contributed by atoms with Gasteiger partial charge in [-0.05, 0) is 37.7 Å². The van der Waals surface area contributed by atoms with Gasteiger partial charge in [0, 0.05) is 13.0 Å². The van der Waals surface area contributed by atoms with Gasteiger partial charge in [0.25, 0.3) is 0 Å². The van der Waals surface area contributed by atoms with E-state index in [0.717, 1.165) is 18.7 Å². The molecule has 0 saturated carbocycles. The van der Waals surface area contributed by atoms with E-state index < -0.39 is 5.97 Å². The van der Waals surface area contributed by atoms with Crippen LogP contribution in [0.2, 0.25) is 0 Å². The number of phenolic OH excluding ortho intramolecular Hbond substituents is 1. The molecule has 0 radical (unpaired) electrons.